The zero-order valence-corrected chi connectivity index (χ0v) is 16.2. The summed E-state index contributed by atoms with van der Waals surface area (Å²) in [7, 11) is 0. The molecule has 0 radical (unpaired) electrons. The van der Waals surface area contributed by atoms with Crippen molar-refractivity contribution in [2.75, 3.05) is 11.5 Å². The summed E-state index contributed by atoms with van der Waals surface area (Å²) in [6.07, 6.45) is 2.94. The molecule has 1 fully saturated rings. The standard InChI is InChI=1S/C20H21N5O2S/c26-19(8-11-25-20(27)17-6-1-2-7-18(17)22-23-25)24(16-9-12-28-14-16)13-15-5-3-4-10-21-15/h1-7,10,16H,8-9,11-14H2. The lowest BCUT2D eigenvalue weighted by atomic mass is 10.2. The van der Waals surface area contributed by atoms with Gasteiger partial charge in [-0.1, -0.05) is 23.4 Å². The first kappa shape index (κ1) is 18.6. The topological polar surface area (TPSA) is 81.0 Å². The van der Waals surface area contributed by atoms with Crippen LogP contribution in [0.5, 0.6) is 0 Å². The molecule has 0 saturated carbocycles. The third-order valence-electron chi connectivity index (χ3n) is 4.89. The van der Waals surface area contributed by atoms with E-state index >= 15 is 0 Å². The van der Waals surface area contributed by atoms with Gasteiger partial charge < -0.3 is 4.90 Å². The highest BCUT2D eigenvalue weighted by Crippen LogP contribution is 2.24. The van der Waals surface area contributed by atoms with Crippen molar-refractivity contribution in [3.63, 3.8) is 0 Å². The number of fused-ring (bicyclic) bond motifs is 1. The Labute approximate surface area is 166 Å². The third kappa shape index (κ3) is 4.06. The van der Waals surface area contributed by atoms with E-state index in [9.17, 15) is 9.59 Å². The monoisotopic (exact) mass is 395 g/mol. The number of nitrogens with zero attached hydrogens (tertiary/aromatic N) is 5. The normalized spacial score (nSPS) is 16.4. The summed E-state index contributed by atoms with van der Waals surface area (Å²) in [5.41, 5.74) is 1.22. The van der Waals surface area contributed by atoms with Gasteiger partial charge in [0.25, 0.3) is 5.56 Å². The van der Waals surface area contributed by atoms with Crippen LogP contribution in [0.3, 0.4) is 0 Å². The van der Waals surface area contributed by atoms with Crippen molar-refractivity contribution in [3.05, 3.63) is 64.7 Å². The highest BCUT2D eigenvalue weighted by Gasteiger charge is 2.27. The van der Waals surface area contributed by atoms with E-state index in [1.807, 2.05) is 40.9 Å². The lowest BCUT2D eigenvalue weighted by molar-refractivity contribution is -0.134. The van der Waals surface area contributed by atoms with E-state index in [0.717, 1.165) is 23.6 Å². The Hall–Kier alpha value is -2.74. The number of hydrogen-bond acceptors (Lipinski definition) is 6. The van der Waals surface area contributed by atoms with Gasteiger partial charge in [-0.05, 0) is 36.4 Å². The summed E-state index contributed by atoms with van der Waals surface area (Å²) in [5.74, 6) is 2.01. The van der Waals surface area contributed by atoms with E-state index in [4.69, 9.17) is 0 Å². The molecule has 7 nitrogen and oxygen atoms in total. The molecule has 3 aromatic rings. The van der Waals surface area contributed by atoms with Gasteiger partial charge in [0.2, 0.25) is 5.91 Å². The Morgan fingerprint density at radius 2 is 2.07 bits per heavy atom. The maximum absolute atomic E-state index is 13.0. The Balaban J connectivity index is 1.50. The number of carbonyl (C=O) groups excluding carboxylic acids is 1. The number of rotatable bonds is 6. The SMILES string of the molecule is O=C(CCn1nnc2ccccc2c1=O)N(Cc1ccccn1)C1CCSC1. The largest absolute Gasteiger partial charge is 0.333 e. The van der Waals surface area contributed by atoms with Gasteiger partial charge in [-0.15, -0.1) is 5.10 Å². The van der Waals surface area contributed by atoms with Gasteiger partial charge in [-0.3, -0.25) is 14.6 Å². The van der Waals surface area contributed by atoms with Crippen molar-refractivity contribution >= 4 is 28.6 Å². The van der Waals surface area contributed by atoms with Crippen LogP contribution in [0.2, 0.25) is 0 Å². The molecular weight excluding hydrogens is 374 g/mol. The molecule has 1 aliphatic heterocycles. The average molecular weight is 395 g/mol. The Morgan fingerprint density at radius 1 is 1.21 bits per heavy atom. The van der Waals surface area contributed by atoms with Crippen LogP contribution >= 0.6 is 11.8 Å². The molecule has 1 atom stereocenters. The zero-order valence-electron chi connectivity index (χ0n) is 15.4. The van der Waals surface area contributed by atoms with Crippen molar-refractivity contribution in [1.82, 2.24) is 24.9 Å². The van der Waals surface area contributed by atoms with E-state index in [2.05, 4.69) is 15.3 Å². The van der Waals surface area contributed by atoms with Gasteiger partial charge >= 0.3 is 0 Å². The predicted molar refractivity (Wildman–Crippen MR) is 109 cm³/mol. The first-order valence-corrected chi connectivity index (χ1v) is 10.5. The summed E-state index contributed by atoms with van der Waals surface area (Å²) < 4.78 is 1.28. The molecular formula is C20H21N5O2S. The van der Waals surface area contributed by atoms with Crippen molar-refractivity contribution < 1.29 is 4.79 Å². The maximum Gasteiger partial charge on any atom is 0.277 e. The lowest BCUT2D eigenvalue weighted by Gasteiger charge is -2.28. The highest BCUT2D eigenvalue weighted by molar-refractivity contribution is 7.99. The molecule has 8 heteroatoms. The molecule has 1 aromatic carbocycles. The molecule has 3 heterocycles. The van der Waals surface area contributed by atoms with Crippen molar-refractivity contribution in [1.29, 1.82) is 0 Å². The molecule has 0 N–H and O–H groups in total. The van der Waals surface area contributed by atoms with Gasteiger partial charge in [0.1, 0.15) is 5.52 Å². The predicted octanol–water partition coefficient (Wildman–Crippen LogP) is 2.11. The van der Waals surface area contributed by atoms with Crippen LogP contribution in [0, 0.1) is 0 Å². The van der Waals surface area contributed by atoms with Gasteiger partial charge in [0.05, 0.1) is 24.2 Å². The van der Waals surface area contributed by atoms with E-state index < -0.39 is 0 Å². The molecule has 2 aromatic heterocycles. The first-order valence-electron chi connectivity index (χ1n) is 9.32. The maximum atomic E-state index is 13.0. The second kappa shape index (κ2) is 8.52. The second-order valence-corrected chi connectivity index (χ2v) is 7.89. The fraction of sp³-hybridized carbons (Fsp3) is 0.350. The summed E-state index contributed by atoms with van der Waals surface area (Å²) in [6, 6.07) is 13.0. The van der Waals surface area contributed by atoms with Crippen LogP contribution < -0.4 is 5.56 Å². The van der Waals surface area contributed by atoms with Crippen LogP contribution in [0.25, 0.3) is 10.9 Å². The van der Waals surface area contributed by atoms with E-state index in [-0.39, 0.29) is 30.5 Å². The quantitative estimate of drug-likeness (QED) is 0.636. The molecule has 1 aliphatic rings. The highest BCUT2D eigenvalue weighted by atomic mass is 32.2. The Bertz CT molecular complexity index is 1020. The van der Waals surface area contributed by atoms with E-state index in [1.54, 1.807) is 24.4 Å². The Morgan fingerprint density at radius 3 is 2.86 bits per heavy atom. The summed E-state index contributed by atoms with van der Waals surface area (Å²) in [4.78, 5) is 31.9. The van der Waals surface area contributed by atoms with Crippen LogP contribution in [0.1, 0.15) is 18.5 Å². The number of amides is 1. The molecule has 144 valence electrons. The number of pyridine rings is 1. The number of aryl methyl sites for hydroxylation is 1. The first-order chi connectivity index (χ1) is 13.7. The Kier molecular flexibility index (Phi) is 5.66. The molecule has 28 heavy (non-hydrogen) atoms. The summed E-state index contributed by atoms with van der Waals surface area (Å²) in [6.45, 7) is 0.706. The number of thioether (sulfide) groups is 1. The van der Waals surface area contributed by atoms with E-state index in [1.165, 1.54) is 4.68 Å². The smallest absolute Gasteiger partial charge is 0.277 e. The number of aromatic nitrogens is 4. The number of carbonyl (C=O) groups is 1. The second-order valence-electron chi connectivity index (χ2n) is 6.75. The van der Waals surface area contributed by atoms with Gasteiger partial charge in [-0.2, -0.15) is 11.8 Å². The average Bonchev–Trinajstić information content (AvgIpc) is 3.27. The molecule has 4 rings (SSSR count). The summed E-state index contributed by atoms with van der Waals surface area (Å²) in [5, 5.41) is 8.59. The molecule has 0 bridgehead atoms. The van der Waals surface area contributed by atoms with Gasteiger partial charge in [0.15, 0.2) is 0 Å². The minimum atomic E-state index is -0.217. The number of benzene rings is 1. The zero-order chi connectivity index (χ0) is 19.3. The molecule has 0 spiro atoms. The molecule has 1 saturated heterocycles. The van der Waals surface area contributed by atoms with E-state index in [0.29, 0.717) is 17.4 Å². The van der Waals surface area contributed by atoms with Crippen molar-refractivity contribution in [3.8, 4) is 0 Å². The summed E-state index contributed by atoms with van der Waals surface area (Å²) >= 11 is 1.86. The third-order valence-corrected chi connectivity index (χ3v) is 6.04. The van der Waals surface area contributed by atoms with Crippen LogP contribution in [0.15, 0.2) is 53.5 Å². The minimum Gasteiger partial charge on any atom is -0.333 e. The van der Waals surface area contributed by atoms with Crippen LogP contribution in [0.4, 0.5) is 0 Å². The molecule has 1 amide bonds. The van der Waals surface area contributed by atoms with Crippen LogP contribution in [-0.2, 0) is 17.9 Å². The minimum absolute atomic E-state index is 0.0139. The molecule has 1 unspecified atom stereocenters. The van der Waals surface area contributed by atoms with Gasteiger partial charge in [-0.25, -0.2) is 4.68 Å². The van der Waals surface area contributed by atoms with Crippen LogP contribution in [-0.4, -0.2) is 48.3 Å². The van der Waals surface area contributed by atoms with Crippen molar-refractivity contribution in [2.45, 2.75) is 32.0 Å². The lowest BCUT2D eigenvalue weighted by Crippen LogP contribution is -2.41. The number of hydrogen-bond donors (Lipinski definition) is 0. The fourth-order valence-electron chi connectivity index (χ4n) is 3.37. The van der Waals surface area contributed by atoms with Gasteiger partial charge in [0, 0.05) is 24.4 Å². The molecule has 0 aliphatic carbocycles. The van der Waals surface area contributed by atoms with Crippen molar-refractivity contribution in [2.24, 2.45) is 0 Å². The fourth-order valence-corrected chi connectivity index (χ4v) is 4.59.